The lowest BCUT2D eigenvalue weighted by Crippen LogP contribution is -2.47. The van der Waals surface area contributed by atoms with E-state index in [2.05, 4.69) is 5.32 Å². The lowest BCUT2D eigenvalue weighted by molar-refractivity contribution is -0.118. The van der Waals surface area contributed by atoms with Crippen LogP contribution in [-0.2, 0) is 4.79 Å². The zero-order valence-electron chi connectivity index (χ0n) is 22.3. The fraction of sp³-hybridized carbons (Fsp3) is 0.370. The summed E-state index contributed by atoms with van der Waals surface area (Å²) in [5.74, 6) is -2.93. The van der Waals surface area contributed by atoms with Gasteiger partial charge in [0, 0.05) is 45.1 Å². The van der Waals surface area contributed by atoms with E-state index in [9.17, 15) is 19.5 Å². The van der Waals surface area contributed by atoms with Crippen LogP contribution in [0.5, 0.6) is 5.75 Å². The number of benzene rings is 2. The minimum Gasteiger partial charge on any atom is -0.477 e. The molecule has 0 saturated carbocycles. The smallest absolute Gasteiger partial charge is 0.341 e. The molecule has 0 radical (unpaired) electrons. The third-order valence-electron chi connectivity index (χ3n) is 7.32. The summed E-state index contributed by atoms with van der Waals surface area (Å²) in [6.45, 7) is 5.04. The molecule has 4 N–H and O–H groups in total. The number of amides is 1. The number of nitrogens with zero attached hydrogens (tertiary/aromatic N) is 4. The Morgan fingerprint density at radius 1 is 1.07 bits per heavy atom. The van der Waals surface area contributed by atoms with Gasteiger partial charge >= 0.3 is 5.97 Å². The second-order valence-electron chi connectivity index (χ2n) is 10.3. The third kappa shape index (κ3) is 4.66. The van der Waals surface area contributed by atoms with E-state index in [1.807, 2.05) is 18.7 Å². The maximum atomic E-state index is 15.5. The van der Waals surface area contributed by atoms with Crippen LogP contribution in [-0.4, -0.2) is 67.7 Å². The molecule has 40 heavy (non-hydrogen) atoms. The van der Waals surface area contributed by atoms with Crippen molar-refractivity contribution in [1.29, 1.82) is 0 Å². The molecular weight excluding hydrogens is 526 g/mol. The summed E-state index contributed by atoms with van der Waals surface area (Å²) < 4.78 is 37.9. The number of aromatic nitrogens is 1. The summed E-state index contributed by atoms with van der Waals surface area (Å²) in [6, 6.07) is 4.77. The standard InChI is InChI=1S/C27H30F2N6O5/c1-14(2)21(30)26(37)31-15-4-5-20(18(28)10-15)33-6-8-34(9-7-33)23-19(29)11-16-22-25(23)40-13-32(3)35(22)12-17(24(16)36)27(38)39/h4-5,10-12,14,21H,6-9,13,30H2,1-3H3,(H,31,37)(H,38,39)/t21-/m1/s1. The molecule has 2 aliphatic heterocycles. The van der Waals surface area contributed by atoms with E-state index in [-0.39, 0.29) is 35.0 Å². The number of nitrogens with two attached hydrogens (primary N) is 1. The van der Waals surface area contributed by atoms with Crippen molar-refractivity contribution in [2.75, 3.05) is 60.1 Å². The quantitative estimate of drug-likeness (QED) is 0.418. The monoisotopic (exact) mass is 556 g/mol. The third-order valence-corrected chi connectivity index (χ3v) is 7.32. The molecule has 3 aromatic rings. The molecule has 0 unspecified atom stereocenters. The number of carboxylic acids is 1. The van der Waals surface area contributed by atoms with Crippen molar-refractivity contribution in [1.82, 2.24) is 4.68 Å². The van der Waals surface area contributed by atoms with E-state index in [0.717, 1.165) is 6.07 Å². The van der Waals surface area contributed by atoms with Gasteiger partial charge in [-0.15, -0.1) is 0 Å². The van der Waals surface area contributed by atoms with Crippen LogP contribution in [0, 0.1) is 17.6 Å². The van der Waals surface area contributed by atoms with Crippen LogP contribution in [0.15, 0.2) is 35.3 Å². The maximum absolute atomic E-state index is 15.5. The number of halogens is 2. The van der Waals surface area contributed by atoms with Crippen LogP contribution in [0.1, 0.15) is 24.2 Å². The Kier molecular flexibility index (Phi) is 7.00. The molecule has 0 bridgehead atoms. The fourth-order valence-electron chi connectivity index (χ4n) is 5.01. The molecule has 3 heterocycles. The first-order valence-corrected chi connectivity index (χ1v) is 12.8. The molecular formula is C27H30F2N6O5. The number of anilines is 3. The van der Waals surface area contributed by atoms with Gasteiger partial charge in [0.05, 0.1) is 17.1 Å². The van der Waals surface area contributed by atoms with Gasteiger partial charge in [-0.1, -0.05) is 13.8 Å². The number of hydrogen-bond acceptors (Lipinski definition) is 8. The molecule has 1 saturated heterocycles. The average Bonchev–Trinajstić information content (AvgIpc) is 2.91. The zero-order valence-corrected chi connectivity index (χ0v) is 22.3. The molecule has 0 aliphatic carbocycles. The fourth-order valence-corrected chi connectivity index (χ4v) is 5.01. The highest BCUT2D eigenvalue weighted by atomic mass is 19.1. The highest BCUT2D eigenvalue weighted by molar-refractivity contribution is 5.97. The first-order chi connectivity index (χ1) is 19.0. The lowest BCUT2D eigenvalue weighted by Gasteiger charge is -2.39. The number of hydrogen-bond donors (Lipinski definition) is 3. The van der Waals surface area contributed by atoms with Crippen LogP contribution >= 0.6 is 0 Å². The SMILES string of the molecule is CC(C)[C@@H](N)C(=O)Nc1ccc(N2CCN(c3c(F)cc4c(=O)c(C(=O)O)cn5c4c3OCN5C)CC2)c(F)c1. The van der Waals surface area contributed by atoms with Gasteiger partial charge in [-0.3, -0.25) is 19.3 Å². The molecule has 1 fully saturated rings. The molecule has 5 rings (SSSR count). The van der Waals surface area contributed by atoms with Crippen molar-refractivity contribution in [3.63, 3.8) is 0 Å². The Morgan fingerprint density at radius 2 is 1.75 bits per heavy atom. The highest BCUT2D eigenvalue weighted by Crippen LogP contribution is 2.40. The molecule has 0 spiro atoms. The zero-order chi connectivity index (χ0) is 28.9. The van der Waals surface area contributed by atoms with E-state index in [4.69, 9.17) is 10.5 Å². The van der Waals surface area contributed by atoms with Crippen molar-refractivity contribution in [3.8, 4) is 5.75 Å². The predicted octanol–water partition coefficient (Wildman–Crippen LogP) is 2.14. The summed E-state index contributed by atoms with van der Waals surface area (Å²) in [5.41, 5.74) is 5.69. The normalized spacial score (nSPS) is 15.8. The van der Waals surface area contributed by atoms with Crippen molar-refractivity contribution in [3.05, 3.63) is 57.9 Å². The van der Waals surface area contributed by atoms with E-state index in [1.54, 1.807) is 29.1 Å². The number of aromatic carboxylic acids is 1. The van der Waals surface area contributed by atoms with Crippen LogP contribution in [0.25, 0.3) is 10.9 Å². The van der Waals surface area contributed by atoms with Gasteiger partial charge in [0.15, 0.2) is 18.3 Å². The van der Waals surface area contributed by atoms with E-state index in [0.29, 0.717) is 37.6 Å². The summed E-state index contributed by atoms with van der Waals surface area (Å²) in [4.78, 5) is 40.3. The van der Waals surface area contributed by atoms with Crippen molar-refractivity contribution in [2.24, 2.45) is 11.7 Å². The van der Waals surface area contributed by atoms with E-state index >= 15 is 8.78 Å². The van der Waals surface area contributed by atoms with Crippen molar-refractivity contribution >= 4 is 39.8 Å². The first kappa shape index (κ1) is 27.2. The maximum Gasteiger partial charge on any atom is 0.341 e. The number of rotatable bonds is 6. The summed E-state index contributed by atoms with van der Waals surface area (Å²) in [7, 11) is 1.66. The first-order valence-electron chi connectivity index (χ1n) is 12.8. The van der Waals surface area contributed by atoms with Crippen LogP contribution in [0.2, 0.25) is 0 Å². The lowest BCUT2D eigenvalue weighted by atomic mass is 10.0. The summed E-state index contributed by atoms with van der Waals surface area (Å²) in [5, 5.41) is 13.6. The van der Waals surface area contributed by atoms with Gasteiger partial charge in [-0.25, -0.2) is 13.6 Å². The number of carboxylic acid groups (broad SMARTS) is 1. The molecule has 1 aromatic heterocycles. The minimum atomic E-state index is -1.40. The van der Waals surface area contributed by atoms with Gasteiger partial charge in [0.2, 0.25) is 11.3 Å². The predicted molar refractivity (Wildman–Crippen MR) is 147 cm³/mol. The number of pyridine rings is 1. The number of ether oxygens (including phenoxy) is 1. The molecule has 13 heteroatoms. The number of piperazine rings is 1. The summed E-state index contributed by atoms with van der Waals surface area (Å²) in [6.07, 6.45) is 1.21. The van der Waals surface area contributed by atoms with Gasteiger partial charge in [-0.05, 0) is 30.2 Å². The largest absolute Gasteiger partial charge is 0.477 e. The van der Waals surface area contributed by atoms with Gasteiger partial charge in [-0.2, -0.15) is 0 Å². The van der Waals surface area contributed by atoms with Crippen LogP contribution in [0.3, 0.4) is 0 Å². The number of carbonyl (C=O) groups excluding carboxylic acids is 1. The Morgan fingerprint density at radius 3 is 2.38 bits per heavy atom. The molecule has 1 amide bonds. The van der Waals surface area contributed by atoms with Gasteiger partial charge in [0.1, 0.15) is 22.6 Å². The molecule has 1 atom stereocenters. The highest BCUT2D eigenvalue weighted by Gasteiger charge is 2.31. The van der Waals surface area contributed by atoms with Gasteiger partial charge in [0.25, 0.3) is 0 Å². The van der Waals surface area contributed by atoms with E-state index in [1.165, 1.54) is 16.9 Å². The van der Waals surface area contributed by atoms with Crippen molar-refractivity contribution in [2.45, 2.75) is 19.9 Å². The Hall–Kier alpha value is -4.39. The van der Waals surface area contributed by atoms with Crippen LogP contribution in [0.4, 0.5) is 25.8 Å². The molecule has 11 nitrogen and oxygen atoms in total. The Bertz CT molecular complexity index is 1570. The van der Waals surface area contributed by atoms with Gasteiger partial charge < -0.3 is 30.7 Å². The molecule has 212 valence electrons. The molecule has 2 aliphatic rings. The number of carbonyl (C=O) groups is 2. The topological polar surface area (TPSA) is 133 Å². The average molecular weight is 557 g/mol. The Labute approximate surface area is 228 Å². The summed E-state index contributed by atoms with van der Waals surface area (Å²) >= 11 is 0. The molecule has 2 aromatic carbocycles. The number of nitrogens with one attached hydrogen (secondary N) is 1. The van der Waals surface area contributed by atoms with Crippen LogP contribution < -0.4 is 36.0 Å². The van der Waals surface area contributed by atoms with E-state index < -0.39 is 40.5 Å². The second kappa shape index (κ2) is 10.3. The Balaban J connectivity index is 1.39. The minimum absolute atomic E-state index is 0.0105. The second-order valence-corrected chi connectivity index (χ2v) is 10.3. The van der Waals surface area contributed by atoms with Crippen molar-refractivity contribution < 1.29 is 28.2 Å².